The molecule has 3 N–H and O–H groups in total. The largest absolute Gasteiger partial charge is 0.508 e. The van der Waals surface area contributed by atoms with Gasteiger partial charge in [-0.1, -0.05) is 70.2 Å². The van der Waals surface area contributed by atoms with E-state index in [-0.39, 0.29) is 24.3 Å². The zero-order chi connectivity index (χ0) is 19.8. The lowest BCUT2D eigenvalue weighted by Crippen LogP contribution is -2.39. The molecule has 0 saturated heterocycles. The fraction of sp³-hybridized carbons (Fsp3) is 0.409. The highest BCUT2D eigenvalue weighted by Crippen LogP contribution is 2.11. The van der Waals surface area contributed by atoms with Gasteiger partial charge in [-0.05, 0) is 36.1 Å². The van der Waals surface area contributed by atoms with Gasteiger partial charge in [0.05, 0.1) is 12.6 Å². The molecular weight excluding hydrogens is 326 g/mol. The molecule has 2 aromatic rings. The maximum absolute atomic E-state index is 12.0. The molecule has 0 spiro atoms. The number of aromatic hydroxyl groups is 1. The van der Waals surface area contributed by atoms with Crippen LogP contribution in [0.15, 0.2) is 54.6 Å². The molecular formula is C22H33NO3. The van der Waals surface area contributed by atoms with Gasteiger partial charge in [-0.2, -0.15) is 0 Å². The summed E-state index contributed by atoms with van der Waals surface area (Å²) in [6.45, 7) is 7.89. The van der Waals surface area contributed by atoms with Gasteiger partial charge in [-0.3, -0.25) is 4.79 Å². The van der Waals surface area contributed by atoms with Gasteiger partial charge >= 0.3 is 0 Å². The zero-order valence-corrected chi connectivity index (χ0v) is 16.4. The molecule has 1 amide bonds. The van der Waals surface area contributed by atoms with Crippen LogP contribution in [0.5, 0.6) is 5.75 Å². The number of amides is 1. The molecule has 0 aliphatic rings. The van der Waals surface area contributed by atoms with Gasteiger partial charge in [0.2, 0.25) is 5.91 Å². The molecule has 2 rings (SSSR count). The van der Waals surface area contributed by atoms with Crippen LogP contribution < -0.4 is 5.32 Å². The van der Waals surface area contributed by atoms with Crippen molar-refractivity contribution in [2.24, 2.45) is 0 Å². The molecule has 0 aliphatic carbocycles. The summed E-state index contributed by atoms with van der Waals surface area (Å²) < 4.78 is 0. The van der Waals surface area contributed by atoms with Crippen LogP contribution in [0.25, 0.3) is 0 Å². The van der Waals surface area contributed by atoms with Crippen molar-refractivity contribution < 1.29 is 15.0 Å². The Morgan fingerprint density at radius 2 is 1.50 bits per heavy atom. The third-order valence-corrected chi connectivity index (χ3v) is 3.49. The first-order valence-corrected chi connectivity index (χ1v) is 9.39. The first-order chi connectivity index (χ1) is 12.7. The number of nitrogens with one attached hydrogen (secondary N) is 1. The Morgan fingerprint density at radius 1 is 0.923 bits per heavy atom. The van der Waals surface area contributed by atoms with Gasteiger partial charge in [-0.15, -0.1) is 0 Å². The molecule has 1 unspecified atom stereocenters. The molecule has 4 nitrogen and oxygen atoms in total. The Balaban J connectivity index is 0.00000146. The van der Waals surface area contributed by atoms with E-state index in [9.17, 15) is 15.0 Å². The fourth-order valence-electron chi connectivity index (χ4n) is 2.28. The highest BCUT2D eigenvalue weighted by Gasteiger charge is 2.12. The molecule has 0 saturated carbocycles. The van der Waals surface area contributed by atoms with Gasteiger partial charge in [0.25, 0.3) is 0 Å². The Bertz CT molecular complexity index is 582. The molecule has 0 fully saturated rings. The van der Waals surface area contributed by atoms with Crippen LogP contribution in [0.1, 0.15) is 45.2 Å². The summed E-state index contributed by atoms with van der Waals surface area (Å²) in [5.74, 6) is 0.137. The average molecular weight is 360 g/mol. The second-order valence-corrected chi connectivity index (χ2v) is 5.30. The lowest BCUT2D eigenvalue weighted by atomic mass is 10.1. The molecule has 1 atom stereocenters. The minimum Gasteiger partial charge on any atom is -0.508 e. The molecule has 0 heterocycles. The van der Waals surface area contributed by atoms with Crippen LogP contribution in [-0.4, -0.2) is 28.8 Å². The smallest absolute Gasteiger partial charge is 0.220 e. The predicted octanol–water partition coefficient (Wildman–Crippen LogP) is 4.10. The number of hydrogen-bond donors (Lipinski definition) is 3. The minimum absolute atomic E-state index is 0.0679. The lowest BCUT2D eigenvalue weighted by molar-refractivity contribution is -0.122. The van der Waals surface area contributed by atoms with Gasteiger partial charge < -0.3 is 15.5 Å². The van der Waals surface area contributed by atoms with Crippen molar-refractivity contribution in [3.05, 3.63) is 65.7 Å². The molecule has 0 aromatic heterocycles. The summed E-state index contributed by atoms with van der Waals surface area (Å²) in [5, 5.41) is 21.5. The number of benzene rings is 2. The first-order valence-electron chi connectivity index (χ1n) is 9.39. The van der Waals surface area contributed by atoms with E-state index in [1.807, 2.05) is 58.0 Å². The number of rotatable bonds is 7. The zero-order valence-electron chi connectivity index (χ0n) is 16.4. The van der Waals surface area contributed by atoms with E-state index in [0.717, 1.165) is 11.1 Å². The van der Waals surface area contributed by atoms with E-state index in [1.54, 1.807) is 24.3 Å². The Kier molecular flexibility index (Phi) is 13.6. The van der Waals surface area contributed by atoms with Crippen molar-refractivity contribution in [3.63, 3.8) is 0 Å². The maximum Gasteiger partial charge on any atom is 0.220 e. The molecule has 0 aliphatic heterocycles. The monoisotopic (exact) mass is 359 g/mol. The minimum atomic E-state index is -0.312. The topological polar surface area (TPSA) is 69.6 Å². The van der Waals surface area contributed by atoms with Crippen molar-refractivity contribution >= 4 is 5.91 Å². The third-order valence-electron chi connectivity index (χ3n) is 3.49. The van der Waals surface area contributed by atoms with Crippen LogP contribution in [0, 0.1) is 0 Å². The summed E-state index contributed by atoms with van der Waals surface area (Å²) in [4.78, 5) is 12.0. The van der Waals surface area contributed by atoms with E-state index >= 15 is 0 Å². The second kappa shape index (κ2) is 15.0. The molecule has 144 valence electrons. The number of phenolic OH excluding ortho intramolecular Hbond substituents is 1. The summed E-state index contributed by atoms with van der Waals surface area (Å²) in [5.41, 5.74) is 2.08. The molecule has 26 heavy (non-hydrogen) atoms. The Morgan fingerprint density at radius 3 is 2.04 bits per heavy atom. The number of carbonyl (C=O) groups is 1. The fourth-order valence-corrected chi connectivity index (χ4v) is 2.28. The van der Waals surface area contributed by atoms with E-state index in [2.05, 4.69) is 5.32 Å². The first kappa shape index (κ1) is 23.7. The van der Waals surface area contributed by atoms with Gasteiger partial charge in [0.15, 0.2) is 0 Å². The number of hydrogen-bond acceptors (Lipinski definition) is 3. The van der Waals surface area contributed by atoms with E-state index < -0.39 is 0 Å². The number of phenols is 1. The van der Waals surface area contributed by atoms with Crippen LogP contribution in [0.4, 0.5) is 0 Å². The summed E-state index contributed by atoms with van der Waals surface area (Å²) in [7, 11) is 0. The SMILES string of the molecule is CC.CC.O=C(CCc1ccccc1)NC(CO)Cc1ccc(O)cc1. The van der Waals surface area contributed by atoms with Crippen molar-refractivity contribution in [1.82, 2.24) is 5.32 Å². The van der Waals surface area contributed by atoms with Gasteiger partial charge in [0, 0.05) is 6.42 Å². The lowest BCUT2D eigenvalue weighted by Gasteiger charge is -2.16. The van der Waals surface area contributed by atoms with Crippen LogP contribution in [0.2, 0.25) is 0 Å². The predicted molar refractivity (Wildman–Crippen MR) is 108 cm³/mol. The Labute approximate surface area is 157 Å². The Hall–Kier alpha value is -2.33. The number of aryl methyl sites for hydroxylation is 1. The van der Waals surface area contributed by atoms with E-state index in [0.29, 0.717) is 19.3 Å². The molecule has 0 radical (unpaired) electrons. The second-order valence-electron chi connectivity index (χ2n) is 5.30. The van der Waals surface area contributed by atoms with Crippen LogP contribution in [-0.2, 0) is 17.6 Å². The van der Waals surface area contributed by atoms with Crippen molar-refractivity contribution in [3.8, 4) is 5.75 Å². The normalized spacial score (nSPS) is 10.5. The van der Waals surface area contributed by atoms with Crippen molar-refractivity contribution in [2.75, 3.05) is 6.61 Å². The standard InChI is InChI=1S/C18H21NO3.2C2H6/c20-13-16(12-15-6-9-17(21)10-7-15)19-18(22)11-8-14-4-2-1-3-5-14;2*1-2/h1-7,9-10,16,20-21H,8,11-13H2,(H,19,22);2*1-2H3. The number of carbonyl (C=O) groups excluding carboxylic acids is 1. The van der Waals surface area contributed by atoms with Crippen molar-refractivity contribution in [2.45, 2.75) is 53.0 Å². The van der Waals surface area contributed by atoms with Gasteiger partial charge in [-0.25, -0.2) is 0 Å². The van der Waals surface area contributed by atoms with Gasteiger partial charge in [0.1, 0.15) is 5.75 Å². The number of aliphatic hydroxyl groups is 1. The molecule has 0 bridgehead atoms. The van der Waals surface area contributed by atoms with Crippen molar-refractivity contribution in [1.29, 1.82) is 0 Å². The summed E-state index contributed by atoms with van der Waals surface area (Å²) >= 11 is 0. The van der Waals surface area contributed by atoms with Crippen LogP contribution in [0.3, 0.4) is 0 Å². The highest BCUT2D eigenvalue weighted by atomic mass is 16.3. The maximum atomic E-state index is 12.0. The van der Waals surface area contributed by atoms with E-state index in [4.69, 9.17) is 0 Å². The highest BCUT2D eigenvalue weighted by molar-refractivity contribution is 5.76. The molecule has 4 heteroatoms. The third kappa shape index (κ3) is 9.84. The molecule has 2 aromatic carbocycles. The summed E-state index contributed by atoms with van der Waals surface area (Å²) in [6, 6.07) is 16.3. The number of aliphatic hydroxyl groups excluding tert-OH is 1. The van der Waals surface area contributed by atoms with E-state index in [1.165, 1.54) is 0 Å². The summed E-state index contributed by atoms with van der Waals surface area (Å²) in [6.07, 6.45) is 1.62. The average Bonchev–Trinajstić information content (AvgIpc) is 2.71. The van der Waals surface area contributed by atoms with Crippen LogP contribution >= 0.6 is 0 Å². The quantitative estimate of drug-likeness (QED) is 0.697.